The highest BCUT2D eigenvalue weighted by Crippen LogP contribution is 2.27. The third-order valence-electron chi connectivity index (χ3n) is 4.57. The van der Waals surface area contributed by atoms with E-state index in [2.05, 4.69) is 5.16 Å². The zero-order valence-electron chi connectivity index (χ0n) is 13.8. The van der Waals surface area contributed by atoms with Crippen LogP contribution in [0.4, 0.5) is 19.0 Å². The van der Waals surface area contributed by atoms with Crippen molar-refractivity contribution in [2.24, 2.45) is 0 Å². The predicted octanol–water partition coefficient (Wildman–Crippen LogP) is 1.18. The summed E-state index contributed by atoms with van der Waals surface area (Å²) in [6, 6.07) is 0.771. The Kier molecular flexibility index (Phi) is 4.61. The molecule has 138 valence electrons. The van der Waals surface area contributed by atoms with Gasteiger partial charge in [-0.3, -0.25) is 9.59 Å². The summed E-state index contributed by atoms with van der Waals surface area (Å²) in [7, 11) is 0. The van der Waals surface area contributed by atoms with Crippen LogP contribution in [0.15, 0.2) is 10.6 Å². The Morgan fingerprint density at radius 1 is 1.20 bits per heavy atom. The fraction of sp³-hybridized carbons (Fsp3) is 0.667. The first-order valence-electron chi connectivity index (χ1n) is 8.12. The molecule has 2 amide bonds. The number of rotatable bonds is 2. The lowest BCUT2D eigenvalue weighted by molar-refractivity contribution is -0.187. The molecule has 0 bridgehead atoms. The fourth-order valence-electron chi connectivity index (χ4n) is 3.30. The van der Waals surface area contributed by atoms with Crippen LogP contribution in [0.3, 0.4) is 0 Å². The topological polar surface area (TPSA) is 69.9 Å². The predicted molar refractivity (Wildman–Crippen MR) is 80.8 cm³/mol. The number of piperazine rings is 1. The van der Waals surface area contributed by atoms with Crippen molar-refractivity contribution in [3.63, 3.8) is 0 Å². The van der Waals surface area contributed by atoms with Crippen LogP contribution in [-0.2, 0) is 9.59 Å². The van der Waals surface area contributed by atoms with E-state index in [0.717, 1.165) is 0 Å². The number of likely N-dealkylation sites (tertiary alicyclic amines) is 1. The van der Waals surface area contributed by atoms with Crippen LogP contribution >= 0.6 is 0 Å². The van der Waals surface area contributed by atoms with Gasteiger partial charge in [-0.2, -0.15) is 13.2 Å². The van der Waals surface area contributed by atoms with Crippen LogP contribution in [0.2, 0.25) is 0 Å². The summed E-state index contributed by atoms with van der Waals surface area (Å²) < 4.78 is 43.1. The lowest BCUT2D eigenvalue weighted by Gasteiger charge is -2.37. The van der Waals surface area contributed by atoms with Crippen LogP contribution in [-0.4, -0.2) is 71.7 Å². The lowest BCUT2D eigenvalue weighted by Crippen LogP contribution is -2.55. The van der Waals surface area contributed by atoms with Crippen molar-refractivity contribution in [1.82, 2.24) is 15.0 Å². The van der Waals surface area contributed by atoms with Gasteiger partial charge in [0.2, 0.25) is 5.91 Å². The summed E-state index contributed by atoms with van der Waals surface area (Å²) in [6.07, 6.45) is -4.29. The standard InChI is InChI=1S/C15H19F3N4O3/c1-10-9-12(19-25-10)20-5-7-21(8-6-20)13(23)11-3-2-4-22(11)14(24)15(16,17)18/h9,11H,2-8H2,1H3. The Morgan fingerprint density at radius 3 is 2.44 bits per heavy atom. The second kappa shape index (κ2) is 6.57. The monoisotopic (exact) mass is 360 g/mol. The molecule has 25 heavy (non-hydrogen) atoms. The smallest absolute Gasteiger partial charge is 0.360 e. The Bertz CT molecular complexity index is 653. The number of hydrogen-bond acceptors (Lipinski definition) is 5. The maximum absolute atomic E-state index is 12.7. The van der Waals surface area contributed by atoms with Gasteiger partial charge in [-0.1, -0.05) is 5.16 Å². The summed E-state index contributed by atoms with van der Waals surface area (Å²) >= 11 is 0. The molecule has 0 aliphatic carbocycles. The van der Waals surface area contributed by atoms with Crippen molar-refractivity contribution in [3.8, 4) is 0 Å². The summed E-state index contributed by atoms with van der Waals surface area (Å²) in [5, 5.41) is 3.92. The molecular weight excluding hydrogens is 341 g/mol. The van der Waals surface area contributed by atoms with Crippen molar-refractivity contribution in [3.05, 3.63) is 11.8 Å². The van der Waals surface area contributed by atoms with Crippen molar-refractivity contribution >= 4 is 17.6 Å². The van der Waals surface area contributed by atoms with Crippen molar-refractivity contribution in [2.45, 2.75) is 32.0 Å². The van der Waals surface area contributed by atoms with Crippen LogP contribution in [0.25, 0.3) is 0 Å². The molecule has 2 saturated heterocycles. The highest BCUT2D eigenvalue weighted by atomic mass is 19.4. The van der Waals surface area contributed by atoms with Gasteiger partial charge in [-0.25, -0.2) is 0 Å². The van der Waals surface area contributed by atoms with Gasteiger partial charge < -0.3 is 19.2 Å². The number of anilines is 1. The zero-order chi connectivity index (χ0) is 18.2. The third kappa shape index (κ3) is 3.57. The maximum Gasteiger partial charge on any atom is 0.471 e. The zero-order valence-corrected chi connectivity index (χ0v) is 13.8. The maximum atomic E-state index is 12.7. The molecule has 0 spiro atoms. The molecule has 0 saturated carbocycles. The average molecular weight is 360 g/mol. The minimum absolute atomic E-state index is 0.0348. The number of alkyl halides is 3. The van der Waals surface area contributed by atoms with Gasteiger partial charge in [-0.15, -0.1) is 0 Å². The quantitative estimate of drug-likeness (QED) is 0.792. The molecule has 0 N–H and O–H groups in total. The van der Waals surface area contributed by atoms with Gasteiger partial charge in [0.1, 0.15) is 11.8 Å². The van der Waals surface area contributed by atoms with Crippen LogP contribution in [0.1, 0.15) is 18.6 Å². The molecule has 7 nitrogen and oxygen atoms in total. The van der Waals surface area contributed by atoms with Crippen molar-refractivity contribution in [1.29, 1.82) is 0 Å². The minimum atomic E-state index is -4.95. The van der Waals surface area contributed by atoms with E-state index >= 15 is 0 Å². The van der Waals surface area contributed by atoms with Crippen molar-refractivity contribution < 1.29 is 27.3 Å². The van der Waals surface area contributed by atoms with E-state index in [1.807, 2.05) is 4.90 Å². The molecule has 1 unspecified atom stereocenters. The Balaban J connectivity index is 1.61. The lowest BCUT2D eigenvalue weighted by atomic mass is 10.1. The largest absolute Gasteiger partial charge is 0.471 e. The molecule has 1 atom stereocenters. The molecule has 0 radical (unpaired) electrons. The van der Waals surface area contributed by atoms with E-state index in [1.165, 1.54) is 4.90 Å². The average Bonchev–Trinajstić information content (AvgIpc) is 3.21. The van der Waals surface area contributed by atoms with Gasteiger partial charge in [0.05, 0.1) is 0 Å². The molecule has 0 aromatic carbocycles. The normalized spacial score (nSPS) is 21.8. The third-order valence-corrected chi connectivity index (χ3v) is 4.57. The Hall–Kier alpha value is -2.26. The summed E-state index contributed by atoms with van der Waals surface area (Å²) in [4.78, 5) is 28.2. The Labute approximate surface area is 142 Å². The Morgan fingerprint density at radius 2 is 1.88 bits per heavy atom. The first-order valence-corrected chi connectivity index (χ1v) is 8.12. The number of amides is 2. The minimum Gasteiger partial charge on any atom is -0.360 e. The van der Waals surface area contributed by atoms with E-state index in [1.54, 1.807) is 13.0 Å². The van der Waals surface area contributed by atoms with Crippen molar-refractivity contribution in [2.75, 3.05) is 37.6 Å². The molecule has 2 aliphatic rings. The van der Waals surface area contributed by atoms with Gasteiger partial charge in [-0.05, 0) is 19.8 Å². The highest BCUT2D eigenvalue weighted by molar-refractivity contribution is 5.90. The van der Waals surface area contributed by atoms with E-state index in [-0.39, 0.29) is 13.0 Å². The molecule has 2 fully saturated rings. The SMILES string of the molecule is Cc1cc(N2CCN(C(=O)C3CCCN3C(=O)C(F)(F)F)CC2)no1. The van der Waals surface area contributed by atoms with Crippen LogP contribution < -0.4 is 4.90 Å². The second-order valence-corrected chi connectivity index (χ2v) is 6.26. The number of carbonyl (C=O) groups excluding carboxylic acids is 2. The first-order chi connectivity index (χ1) is 11.8. The van der Waals surface area contributed by atoms with Crippen LogP contribution in [0.5, 0.6) is 0 Å². The second-order valence-electron chi connectivity index (χ2n) is 6.26. The van der Waals surface area contributed by atoms with Gasteiger partial charge in [0, 0.05) is 38.8 Å². The van der Waals surface area contributed by atoms with E-state index in [4.69, 9.17) is 4.52 Å². The molecule has 3 heterocycles. The molecule has 1 aromatic heterocycles. The molecule has 10 heteroatoms. The number of carbonyl (C=O) groups is 2. The number of nitrogens with zero attached hydrogens (tertiary/aromatic N) is 4. The molecule has 2 aliphatic heterocycles. The number of halogens is 3. The van der Waals surface area contributed by atoms with Gasteiger partial charge in [0.15, 0.2) is 5.82 Å². The summed E-state index contributed by atoms with van der Waals surface area (Å²) in [5.41, 5.74) is 0. The summed E-state index contributed by atoms with van der Waals surface area (Å²) in [5.74, 6) is -0.980. The van der Waals surface area contributed by atoms with Crippen LogP contribution in [0, 0.1) is 6.92 Å². The highest BCUT2D eigenvalue weighted by Gasteiger charge is 2.48. The fourth-order valence-corrected chi connectivity index (χ4v) is 3.30. The molecule has 3 rings (SSSR count). The molecular formula is C15H19F3N4O3. The van der Waals surface area contributed by atoms with Gasteiger partial charge >= 0.3 is 12.1 Å². The van der Waals surface area contributed by atoms with E-state index < -0.39 is 24.0 Å². The van der Waals surface area contributed by atoms with Gasteiger partial charge in [0.25, 0.3) is 0 Å². The summed E-state index contributed by atoms with van der Waals surface area (Å²) in [6.45, 7) is 3.51. The number of hydrogen-bond donors (Lipinski definition) is 0. The first kappa shape index (κ1) is 17.6. The molecule has 1 aromatic rings. The number of aryl methyl sites for hydroxylation is 1. The van der Waals surface area contributed by atoms with E-state index in [0.29, 0.717) is 49.1 Å². The van der Waals surface area contributed by atoms with E-state index in [9.17, 15) is 22.8 Å². The number of aromatic nitrogens is 1.